The Balaban J connectivity index is 1.04. The SMILES string of the molecule is CCSc1cc(F)ccc1CN1CCN(C(=O)[C@H](N)C2CCN(CCc3cc(Cl)ccc3NC[C@@H]3CCCN3)CC2)CC1. The third-order valence-corrected chi connectivity index (χ3v) is 10.5. The number of hydrogen-bond acceptors (Lipinski definition) is 7. The Hall–Kier alpha value is -1.88. The molecule has 0 radical (unpaired) electrons. The molecular formula is C33H48ClFN6OS. The molecular weight excluding hydrogens is 583 g/mol. The summed E-state index contributed by atoms with van der Waals surface area (Å²) >= 11 is 8.04. The molecule has 3 fully saturated rings. The number of nitrogens with zero attached hydrogens (tertiary/aromatic N) is 3. The molecule has 10 heteroatoms. The molecule has 3 saturated heterocycles. The smallest absolute Gasteiger partial charge is 0.239 e. The molecule has 43 heavy (non-hydrogen) atoms. The van der Waals surface area contributed by atoms with E-state index in [9.17, 15) is 9.18 Å². The van der Waals surface area contributed by atoms with Crippen LogP contribution in [0.4, 0.5) is 10.1 Å². The van der Waals surface area contributed by atoms with Crippen LogP contribution in [0.15, 0.2) is 41.3 Å². The van der Waals surface area contributed by atoms with Crippen LogP contribution in [0.3, 0.4) is 0 Å². The molecule has 5 rings (SSSR count). The van der Waals surface area contributed by atoms with Crippen molar-refractivity contribution in [3.8, 4) is 0 Å². The molecule has 4 N–H and O–H groups in total. The summed E-state index contributed by atoms with van der Waals surface area (Å²) in [6.07, 6.45) is 5.31. The van der Waals surface area contributed by atoms with Crippen molar-refractivity contribution in [1.29, 1.82) is 0 Å². The summed E-state index contributed by atoms with van der Waals surface area (Å²) in [6, 6.07) is 11.3. The molecule has 236 valence electrons. The number of nitrogens with one attached hydrogen (secondary N) is 2. The van der Waals surface area contributed by atoms with Gasteiger partial charge in [-0.3, -0.25) is 9.69 Å². The minimum Gasteiger partial charge on any atom is -0.383 e. The van der Waals surface area contributed by atoms with Gasteiger partial charge in [-0.1, -0.05) is 24.6 Å². The highest BCUT2D eigenvalue weighted by Crippen LogP contribution is 2.27. The largest absolute Gasteiger partial charge is 0.383 e. The van der Waals surface area contributed by atoms with Crippen LogP contribution in [0.5, 0.6) is 0 Å². The summed E-state index contributed by atoms with van der Waals surface area (Å²) in [4.78, 5) is 21.2. The average molecular weight is 631 g/mol. The summed E-state index contributed by atoms with van der Waals surface area (Å²) in [5, 5.41) is 7.97. The summed E-state index contributed by atoms with van der Waals surface area (Å²) in [7, 11) is 0. The zero-order chi connectivity index (χ0) is 30.2. The predicted molar refractivity (Wildman–Crippen MR) is 176 cm³/mol. The monoisotopic (exact) mass is 630 g/mol. The van der Waals surface area contributed by atoms with Crippen molar-refractivity contribution in [2.24, 2.45) is 11.7 Å². The maximum Gasteiger partial charge on any atom is 0.239 e. The number of anilines is 1. The van der Waals surface area contributed by atoms with Gasteiger partial charge >= 0.3 is 0 Å². The van der Waals surface area contributed by atoms with Crippen molar-refractivity contribution >= 4 is 35.0 Å². The second kappa shape index (κ2) is 15.9. The summed E-state index contributed by atoms with van der Waals surface area (Å²) < 4.78 is 13.8. The van der Waals surface area contributed by atoms with E-state index in [1.54, 1.807) is 23.9 Å². The standard InChI is InChI=1S/C33H48ClFN6OS/c1-2-43-31-21-28(35)7-5-26(31)23-40-16-18-41(19-17-40)33(42)32(36)24-9-13-39(14-10-24)15-11-25-20-27(34)6-8-30(25)38-22-29-4-3-12-37-29/h5-8,20-21,24,29,32,37-38H,2-4,9-19,22-23,36H2,1H3/t29-,32+/m0/s1. The number of halogens is 2. The summed E-state index contributed by atoms with van der Waals surface area (Å²) in [6.45, 7) is 10.8. The van der Waals surface area contributed by atoms with Crippen LogP contribution in [0.1, 0.15) is 43.7 Å². The Kier molecular flexibility index (Phi) is 12.0. The van der Waals surface area contributed by atoms with Gasteiger partial charge in [-0.05, 0) is 105 Å². The average Bonchev–Trinajstić information content (AvgIpc) is 3.55. The molecule has 1 amide bonds. The van der Waals surface area contributed by atoms with E-state index < -0.39 is 6.04 Å². The number of carbonyl (C=O) groups excluding carboxylic acids is 1. The normalized spacial score (nSPS) is 21.3. The maximum absolute atomic E-state index is 13.8. The zero-order valence-corrected chi connectivity index (χ0v) is 27.1. The number of nitrogens with two attached hydrogens (primary N) is 1. The van der Waals surface area contributed by atoms with Gasteiger partial charge in [0.15, 0.2) is 0 Å². The Morgan fingerprint density at radius 1 is 1.07 bits per heavy atom. The third-order valence-electron chi connectivity index (χ3n) is 9.30. The van der Waals surface area contributed by atoms with Crippen molar-refractivity contribution in [2.45, 2.75) is 62.6 Å². The molecule has 0 saturated carbocycles. The van der Waals surface area contributed by atoms with Crippen molar-refractivity contribution in [3.05, 3.63) is 58.4 Å². The number of piperazine rings is 1. The lowest BCUT2D eigenvalue weighted by molar-refractivity contribution is -0.136. The lowest BCUT2D eigenvalue weighted by Crippen LogP contribution is -2.55. The van der Waals surface area contributed by atoms with Gasteiger partial charge in [0.1, 0.15) is 5.82 Å². The number of benzene rings is 2. The molecule has 0 unspecified atom stereocenters. The minimum atomic E-state index is -0.439. The van der Waals surface area contributed by atoms with Crippen LogP contribution in [0, 0.1) is 11.7 Å². The fourth-order valence-corrected chi connectivity index (χ4v) is 7.67. The first-order valence-electron chi connectivity index (χ1n) is 16.1. The zero-order valence-electron chi connectivity index (χ0n) is 25.5. The molecule has 7 nitrogen and oxygen atoms in total. The van der Waals surface area contributed by atoms with Crippen molar-refractivity contribution in [1.82, 2.24) is 20.0 Å². The molecule has 3 heterocycles. The van der Waals surface area contributed by atoms with Crippen molar-refractivity contribution < 1.29 is 9.18 Å². The lowest BCUT2D eigenvalue weighted by atomic mass is 9.88. The first-order chi connectivity index (χ1) is 20.9. The Bertz CT molecular complexity index is 1200. The van der Waals surface area contributed by atoms with Crippen molar-refractivity contribution in [3.63, 3.8) is 0 Å². The van der Waals surface area contributed by atoms with E-state index in [4.69, 9.17) is 17.3 Å². The molecule has 0 spiro atoms. The molecule has 3 aliphatic heterocycles. The molecule has 0 aliphatic carbocycles. The summed E-state index contributed by atoms with van der Waals surface area (Å²) in [5.41, 5.74) is 10.2. The molecule has 2 aromatic carbocycles. The van der Waals surface area contributed by atoms with Crippen LogP contribution in [0.25, 0.3) is 0 Å². The number of rotatable bonds is 12. The number of thioether (sulfide) groups is 1. The van der Waals surface area contributed by atoms with Crippen LogP contribution >= 0.6 is 23.4 Å². The van der Waals surface area contributed by atoms with Crippen molar-refractivity contribution in [2.75, 3.05) is 70.0 Å². The fraction of sp³-hybridized carbons (Fsp3) is 0.606. The van der Waals surface area contributed by atoms with Gasteiger partial charge < -0.3 is 26.2 Å². The Labute approximate surface area is 266 Å². The number of piperidine rings is 1. The number of amides is 1. The van der Waals surface area contributed by atoms with Gasteiger partial charge in [0.05, 0.1) is 6.04 Å². The molecule has 0 aromatic heterocycles. The van der Waals surface area contributed by atoms with Gasteiger partial charge in [0, 0.05) is 67.5 Å². The molecule has 2 aromatic rings. The highest BCUT2D eigenvalue weighted by molar-refractivity contribution is 7.99. The number of carbonyl (C=O) groups is 1. The highest BCUT2D eigenvalue weighted by atomic mass is 35.5. The molecule has 0 bridgehead atoms. The van der Waals surface area contributed by atoms with E-state index in [-0.39, 0.29) is 17.6 Å². The van der Waals surface area contributed by atoms with E-state index in [1.807, 2.05) is 17.0 Å². The maximum atomic E-state index is 13.8. The lowest BCUT2D eigenvalue weighted by Gasteiger charge is -2.39. The second-order valence-electron chi connectivity index (χ2n) is 12.2. The predicted octanol–water partition coefficient (Wildman–Crippen LogP) is 4.68. The van der Waals surface area contributed by atoms with E-state index in [2.05, 4.69) is 39.5 Å². The fourth-order valence-electron chi connectivity index (χ4n) is 6.65. The highest BCUT2D eigenvalue weighted by Gasteiger charge is 2.33. The van der Waals surface area contributed by atoms with Gasteiger partial charge in [0.25, 0.3) is 0 Å². The van der Waals surface area contributed by atoms with E-state index in [1.165, 1.54) is 24.1 Å². The second-order valence-corrected chi connectivity index (χ2v) is 14.0. The van der Waals surface area contributed by atoms with Gasteiger partial charge in [-0.25, -0.2) is 4.39 Å². The van der Waals surface area contributed by atoms with Gasteiger partial charge in [0.2, 0.25) is 5.91 Å². The van der Waals surface area contributed by atoms with E-state index in [0.29, 0.717) is 19.1 Å². The van der Waals surface area contributed by atoms with Crippen LogP contribution in [-0.2, 0) is 17.8 Å². The first-order valence-corrected chi connectivity index (χ1v) is 17.4. The van der Waals surface area contributed by atoms with Gasteiger partial charge in [-0.15, -0.1) is 11.8 Å². The first kappa shape index (κ1) is 32.5. The van der Waals surface area contributed by atoms with Gasteiger partial charge in [-0.2, -0.15) is 0 Å². The van der Waals surface area contributed by atoms with Crippen LogP contribution in [-0.4, -0.2) is 97.3 Å². The Morgan fingerprint density at radius 2 is 1.86 bits per heavy atom. The number of likely N-dealkylation sites (tertiary alicyclic amines) is 1. The van der Waals surface area contributed by atoms with Crippen LogP contribution < -0.4 is 16.4 Å². The third kappa shape index (κ3) is 9.08. The quantitative estimate of drug-likeness (QED) is 0.294. The minimum absolute atomic E-state index is 0.0912. The topological polar surface area (TPSA) is 76.9 Å². The number of hydrogen-bond donors (Lipinski definition) is 3. The Morgan fingerprint density at radius 3 is 2.58 bits per heavy atom. The van der Waals surface area contributed by atoms with Crippen LogP contribution in [0.2, 0.25) is 5.02 Å². The van der Waals surface area contributed by atoms with E-state index >= 15 is 0 Å². The molecule has 3 aliphatic rings. The van der Waals surface area contributed by atoms with E-state index in [0.717, 1.165) is 92.9 Å². The summed E-state index contributed by atoms with van der Waals surface area (Å²) in [5.74, 6) is 1.03. The molecule has 2 atom stereocenters.